The Morgan fingerprint density at radius 2 is 2.05 bits per heavy atom. The summed E-state index contributed by atoms with van der Waals surface area (Å²) in [6.45, 7) is 2.22. The lowest BCUT2D eigenvalue weighted by Crippen LogP contribution is -2.35. The van der Waals surface area contributed by atoms with E-state index in [-0.39, 0.29) is 12.2 Å². The van der Waals surface area contributed by atoms with Crippen molar-refractivity contribution in [1.29, 1.82) is 0 Å². The molecule has 2 nitrogen and oxygen atoms in total. The van der Waals surface area contributed by atoms with E-state index in [9.17, 15) is 5.11 Å². The number of benzene rings is 1. The van der Waals surface area contributed by atoms with Gasteiger partial charge in [0.2, 0.25) is 0 Å². The quantitative estimate of drug-likeness (QED) is 0.757. The molecule has 0 amide bonds. The Balaban J connectivity index is 1.74. The smallest absolute Gasteiger partial charge is 0.134 e. The lowest BCUT2D eigenvalue weighted by Gasteiger charge is -2.29. The number of aliphatic hydroxyl groups excluding tert-OH is 1. The SMILES string of the molecule is CCCCCCCC(O)C1CSc2ccccc2O1. The number of thioether (sulfide) groups is 1. The Labute approximate surface area is 120 Å². The average molecular weight is 280 g/mol. The van der Waals surface area contributed by atoms with Crippen molar-refractivity contribution in [3.8, 4) is 5.75 Å². The van der Waals surface area contributed by atoms with Crippen LogP contribution in [0.15, 0.2) is 29.2 Å². The van der Waals surface area contributed by atoms with Crippen molar-refractivity contribution < 1.29 is 9.84 Å². The van der Waals surface area contributed by atoms with Gasteiger partial charge < -0.3 is 9.84 Å². The molecule has 1 aromatic rings. The first-order valence-corrected chi connectivity index (χ1v) is 8.36. The van der Waals surface area contributed by atoms with Gasteiger partial charge in [0.05, 0.1) is 6.10 Å². The molecule has 106 valence electrons. The molecule has 0 saturated carbocycles. The molecule has 0 aliphatic carbocycles. The van der Waals surface area contributed by atoms with Crippen molar-refractivity contribution in [3.05, 3.63) is 24.3 Å². The molecule has 1 N–H and O–H groups in total. The van der Waals surface area contributed by atoms with Crippen LogP contribution in [0.2, 0.25) is 0 Å². The molecular weight excluding hydrogens is 256 g/mol. The van der Waals surface area contributed by atoms with Crippen LogP contribution in [0, 0.1) is 0 Å². The zero-order chi connectivity index (χ0) is 13.5. The summed E-state index contributed by atoms with van der Waals surface area (Å²) < 4.78 is 5.90. The minimum absolute atomic E-state index is 0.0499. The van der Waals surface area contributed by atoms with E-state index in [1.165, 1.54) is 30.6 Å². The van der Waals surface area contributed by atoms with Gasteiger partial charge in [0, 0.05) is 10.6 Å². The summed E-state index contributed by atoms with van der Waals surface area (Å²) in [7, 11) is 0. The second kappa shape index (κ2) is 7.81. The molecule has 19 heavy (non-hydrogen) atoms. The average Bonchev–Trinajstić information content (AvgIpc) is 2.46. The summed E-state index contributed by atoms with van der Waals surface area (Å²) >= 11 is 1.79. The van der Waals surface area contributed by atoms with E-state index in [0.717, 1.165) is 24.3 Å². The lowest BCUT2D eigenvalue weighted by molar-refractivity contribution is 0.0391. The Morgan fingerprint density at radius 3 is 2.89 bits per heavy atom. The van der Waals surface area contributed by atoms with E-state index in [2.05, 4.69) is 13.0 Å². The third-order valence-corrected chi connectivity index (χ3v) is 4.71. The largest absolute Gasteiger partial charge is 0.486 e. The number of hydrogen-bond acceptors (Lipinski definition) is 3. The van der Waals surface area contributed by atoms with Gasteiger partial charge in [-0.2, -0.15) is 0 Å². The zero-order valence-electron chi connectivity index (χ0n) is 11.7. The third kappa shape index (κ3) is 4.43. The second-order valence-electron chi connectivity index (χ2n) is 5.18. The topological polar surface area (TPSA) is 29.5 Å². The molecule has 0 aromatic heterocycles. The highest BCUT2D eigenvalue weighted by Gasteiger charge is 2.26. The van der Waals surface area contributed by atoms with Crippen LogP contribution in [0.3, 0.4) is 0 Å². The van der Waals surface area contributed by atoms with Crippen LogP contribution in [0.1, 0.15) is 45.4 Å². The Morgan fingerprint density at radius 1 is 1.26 bits per heavy atom. The molecule has 1 heterocycles. The molecule has 0 radical (unpaired) electrons. The second-order valence-corrected chi connectivity index (χ2v) is 6.25. The van der Waals surface area contributed by atoms with E-state index in [0.29, 0.717) is 0 Å². The number of unbranched alkanes of at least 4 members (excludes halogenated alkanes) is 4. The first-order chi connectivity index (χ1) is 9.31. The third-order valence-electron chi connectivity index (χ3n) is 3.56. The highest BCUT2D eigenvalue weighted by atomic mass is 32.2. The Hall–Kier alpha value is -0.670. The maximum atomic E-state index is 10.2. The molecule has 1 aromatic carbocycles. The minimum Gasteiger partial charge on any atom is -0.486 e. The molecule has 3 heteroatoms. The normalized spacial score (nSPS) is 19.6. The number of para-hydroxylation sites is 1. The number of rotatable bonds is 7. The van der Waals surface area contributed by atoms with Crippen molar-refractivity contribution in [3.63, 3.8) is 0 Å². The van der Waals surface area contributed by atoms with Crippen LogP contribution in [0.5, 0.6) is 5.75 Å². The highest BCUT2D eigenvalue weighted by Crippen LogP contribution is 2.36. The molecule has 0 bridgehead atoms. The van der Waals surface area contributed by atoms with E-state index in [4.69, 9.17) is 4.74 Å². The fourth-order valence-electron chi connectivity index (χ4n) is 2.37. The van der Waals surface area contributed by atoms with Gasteiger partial charge in [-0.05, 0) is 18.6 Å². The van der Waals surface area contributed by atoms with Crippen molar-refractivity contribution in [1.82, 2.24) is 0 Å². The molecule has 0 fully saturated rings. The molecular formula is C16H24O2S. The predicted molar refractivity (Wildman–Crippen MR) is 81.0 cm³/mol. The first-order valence-electron chi connectivity index (χ1n) is 7.38. The van der Waals surface area contributed by atoms with Crippen LogP contribution < -0.4 is 4.74 Å². The van der Waals surface area contributed by atoms with Crippen LogP contribution in [-0.4, -0.2) is 23.1 Å². The molecule has 0 saturated heterocycles. The highest BCUT2D eigenvalue weighted by molar-refractivity contribution is 7.99. The summed E-state index contributed by atoms with van der Waals surface area (Å²) in [5.74, 6) is 1.78. The Kier molecular flexibility index (Phi) is 6.05. The van der Waals surface area contributed by atoms with Gasteiger partial charge in [-0.25, -0.2) is 0 Å². The molecule has 2 rings (SSSR count). The first kappa shape index (κ1) is 14.7. The van der Waals surface area contributed by atoms with Crippen molar-refractivity contribution in [2.24, 2.45) is 0 Å². The van der Waals surface area contributed by atoms with Crippen LogP contribution in [0.25, 0.3) is 0 Å². The molecule has 1 aliphatic heterocycles. The summed E-state index contributed by atoms with van der Waals surface area (Å²) in [5, 5.41) is 10.2. The van der Waals surface area contributed by atoms with Gasteiger partial charge in [-0.3, -0.25) is 0 Å². The standard InChI is InChI=1S/C16H24O2S/c1-2-3-4-5-6-9-13(17)15-12-19-16-11-8-7-10-14(16)18-15/h7-8,10-11,13,15,17H,2-6,9,12H2,1H3. The lowest BCUT2D eigenvalue weighted by atomic mass is 10.1. The number of hydrogen-bond donors (Lipinski definition) is 1. The van der Waals surface area contributed by atoms with Gasteiger partial charge in [0.25, 0.3) is 0 Å². The molecule has 2 atom stereocenters. The van der Waals surface area contributed by atoms with Gasteiger partial charge in [0.15, 0.2) is 0 Å². The number of fused-ring (bicyclic) bond motifs is 1. The van der Waals surface area contributed by atoms with Gasteiger partial charge in [-0.1, -0.05) is 51.2 Å². The number of aliphatic hydroxyl groups is 1. The summed E-state index contributed by atoms with van der Waals surface area (Å²) in [6, 6.07) is 8.08. The fraction of sp³-hybridized carbons (Fsp3) is 0.625. The Bertz CT molecular complexity index is 381. The van der Waals surface area contributed by atoms with Crippen LogP contribution in [0.4, 0.5) is 0 Å². The van der Waals surface area contributed by atoms with Gasteiger partial charge in [-0.15, -0.1) is 11.8 Å². The predicted octanol–water partition coefficient (Wildman–Crippen LogP) is 4.26. The summed E-state index contributed by atoms with van der Waals surface area (Å²) in [6.07, 6.45) is 6.66. The summed E-state index contributed by atoms with van der Waals surface area (Å²) in [4.78, 5) is 1.19. The molecule has 0 spiro atoms. The monoisotopic (exact) mass is 280 g/mol. The zero-order valence-corrected chi connectivity index (χ0v) is 12.5. The van der Waals surface area contributed by atoms with Crippen molar-refractivity contribution >= 4 is 11.8 Å². The van der Waals surface area contributed by atoms with Gasteiger partial charge >= 0.3 is 0 Å². The van der Waals surface area contributed by atoms with Crippen molar-refractivity contribution in [2.45, 2.75) is 62.6 Å². The van der Waals surface area contributed by atoms with Gasteiger partial charge in [0.1, 0.15) is 11.9 Å². The maximum absolute atomic E-state index is 10.2. The van der Waals surface area contributed by atoms with E-state index < -0.39 is 0 Å². The fourth-order valence-corrected chi connectivity index (χ4v) is 3.44. The maximum Gasteiger partial charge on any atom is 0.134 e. The van der Waals surface area contributed by atoms with Crippen LogP contribution in [-0.2, 0) is 0 Å². The number of ether oxygens (including phenoxy) is 1. The van der Waals surface area contributed by atoms with E-state index in [1.807, 2.05) is 18.2 Å². The minimum atomic E-state index is -0.331. The van der Waals surface area contributed by atoms with Crippen molar-refractivity contribution in [2.75, 3.05) is 5.75 Å². The van der Waals surface area contributed by atoms with E-state index in [1.54, 1.807) is 11.8 Å². The molecule has 1 aliphatic rings. The molecule has 2 unspecified atom stereocenters. The van der Waals surface area contributed by atoms with Crippen LogP contribution >= 0.6 is 11.8 Å². The van der Waals surface area contributed by atoms with E-state index >= 15 is 0 Å². The summed E-state index contributed by atoms with van der Waals surface area (Å²) in [5.41, 5.74) is 0.